The molecule has 0 unspecified atom stereocenters. The normalized spacial score (nSPS) is 10.9. The van der Waals surface area contributed by atoms with Gasteiger partial charge in [0.15, 0.2) is 18.1 Å². The van der Waals surface area contributed by atoms with Crippen molar-refractivity contribution < 1.29 is 14.6 Å². The lowest BCUT2D eigenvalue weighted by Crippen LogP contribution is -2.39. The van der Waals surface area contributed by atoms with Gasteiger partial charge in [0.05, 0.1) is 0 Å². The Kier molecular flexibility index (Phi) is 4.98. The highest BCUT2D eigenvalue weighted by Gasteiger charge is 2.19. The van der Waals surface area contributed by atoms with Crippen LogP contribution in [-0.2, 0) is 24.9 Å². The van der Waals surface area contributed by atoms with Crippen LogP contribution in [-0.4, -0.2) is 46.6 Å². The number of aromatic amines is 1. The molecule has 11 nitrogen and oxygen atoms in total. The minimum Gasteiger partial charge on any atom is -0.479 e. The molecule has 3 aromatic heterocycles. The fraction of sp³-hybridized carbons (Fsp3) is 0.235. The summed E-state index contributed by atoms with van der Waals surface area (Å²) in [5.41, 5.74) is -0.273. The molecule has 2 N–H and O–H groups in total. The number of H-pyrrole nitrogens is 1. The second kappa shape index (κ2) is 7.39. The Morgan fingerprint density at radius 1 is 1.29 bits per heavy atom. The van der Waals surface area contributed by atoms with Gasteiger partial charge >= 0.3 is 11.7 Å². The lowest BCUT2D eigenvalue weighted by molar-refractivity contribution is -0.139. The number of carbonyl (C=O) groups is 1. The van der Waals surface area contributed by atoms with E-state index >= 15 is 0 Å². The maximum absolute atomic E-state index is 12.7. The van der Waals surface area contributed by atoms with Gasteiger partial charge < -0.3 is 14.8 Å². The standard InChI is InChI=1S/C17H18N6O5/c1-4-6-22-15-13(16(26)23(7-5-2)17(22)27)18-14(19-15)10-8-11(20-21(10)3)28-9-12(24)25/h4-5,8H,1-2,6-7,9H2,3H3,(H,18,19)(H,24,25). The lowest BCUT2D eigenvalue weighted by Gasteiger charge is -2.07. The van der Waals surface area contributed by atoms with Gasteiger partial charge in [-0.3, -0.25) is 18.6 Å². The van der Waals surface area contributed by atoms with Gasteiger partial charge in [-0.25, -0.2) is 14.6 Å². The van der Waals surface area contributed by atoms with Crippen LogP contribution < -0.4 is 16.0 Å². The van der Waals surface area contributed by atoms with E-state index in [1.165, 1.54) is 27.5 Å². The Hall–Kier alpha value is -3.89. The van der Waals surface area contributed by atoms with E-state index in [0.29, 0.717) is 5.69 Å². The van der Waals surface area contributed by atoms with Gasteiger partial charge in [0.25, 0.3) is 5.56 Å². The molecule has 0 spiro atoms. The molecule has 0 saturated carbocycles. The van der Waals surface area contributed by atoms with E-state index < -0.39 is 23.8 Å². The quantitative estimate of drug-likeness (QED) is 0.525. The Morgan fingerprint density at radius 2 is 1.96 bits per heavy atom. The molecule has 0 aliphatic heterocycles. The number of nitrogens with one attached hydrogen (secondary N) is 1. The number of hydrogen-bond donors (Lipinski definition) is 2. The van der Waals surface area contributed by atoms with Crippen molar-refractivity contribution in [3.05, 3.63) is 52.2 Å². The van der Waals surface area contributed by atoms with Crippen LogP contribution in [0.3, 0.4) is 0 Å². The summed E-state index contributed by atoms with van der Waals surface area (Å²) in [6.07, 6.45) is 2.98. The van der Waals surface area contributed by atoms with Crippen LogP contribution in [0.2, 0.25) is 0 Å². The zero-order valence-corrected chi connectivity index (χ0v) is 15.1. The van der Waals surface area contributed by atoms with Crippen LogP contribution in [0, 0.1) is 0 Å². The third kappa shape index (κ3) is 3.24. The van der Waals surface area contributed by atoms with Crippen LogP contribution in [0.4, 0.5) is 0 Å². The van der Waals surface area contributed by atoms with Crippen molar-refractivity contribution >= 4 is 17.1 Å². The minimum absolute atomic E-state index is 0.0536. The maximum atomic E-state index is 12.7. The Balaban J connectivity index is 2.18. The second-order valence-corrected chi connectivity index (χ2v) is 5.84. The zero-order chi connectivity index (χ0) is 20.4. The highest BCUT2D eigenvalue weighted by Crippen LogP contribution is 2.22. The third-order valence-electron chi connectivity index (χ3n) is 3.93. The van der Waals surface area contributed by atoms with Crippen LogP contribution in [0.25, 0.3) is 22.7 Å². The molecule has 3 aromatic rings. The van der Waals surface area contributed by atoms with Gasteiger partial charge in [-0.05, 0) is 0 Å². The molecule has 0 saturated heterocycles. The number of imidazole rings is 1. The highest BCUT2D eigenvalue weighted by atomic mass is 16.5. The van der Waals surface area contributed by atoms with E-state index in [9.17, 15) is 14.4 Å². The predicted molar refractivity (Wildman–Crippen MR) is 100 cm³/mol. The molecule has 0 radical (unpaired) electrons. The minimum atomic E-state index is -1.13. The first-order valence-electron chi connectivity index (χ1n) is 8.21. The van der Waals surface area contributed by atoms with Crippen LogP contribution in [0.15, 0.2) is 41.0 Å². The van der Waals surface area contributed by atoms with Crippen molar-refractivity contribution in [2.75, 3.05) is 6.61 Å². The maximum Gasteiger partial charge on any atom is 0.341 e. The highest BCUT2D eigenvalue weighted by molar-refractivity contribution is 5.75. The first-order valence-corrected chi connectivity index (χ1v) is 8.21. The van der Waals surface area contributed by atoms with E-state index in [0.717, 1.165) is 4.57 Å². The summed E-state index contributed by atoms with van der Waals surface area (Å²) in [5, 5.41) is 12.8. The fourth-order valence-corrected chi connectivity index (χ4v) is 2.74. The number of aryl methyl sites for hydroxylation is 1. The second-order valence-electron chi connectivity index (χ2n) is 5.84. The fourth-order valence-electron chi connectivity index (χ4n) is 2.74. The average Bonchev–Trinajstić information content (AvgIpc) is 3.24. The number of nitrogens with zero attached hydrogens (tertiary/aromatic N) is 5. The molecule has 146 valence electrons. The number of allylic oxidation sites excluding steroid dienone is 2. The van der Waals surface area contributed by atoms with E-state index in [2.05, 4.69) is 28.2 Å². The topological polar surface area (TPSA) is 137 Å². The first-order chi connectivity index (χ1) is 13.4. The van der Waals surface area contributed by atoms with Crippen molar-refractivity contribution in [2.45, 2.75) is 13.1 Å². The third-order valence-corrected chi connectivity index (χ3v) is 3.93. The summed E-state index contributed by atoms with van der Waals surface area (Å²) in [5.74, 6) is -0.763. The van der Waals surface area contributed by atoms with Crippen LogP contribution >= 0.6 is 0 Å². The van der Waals surface area contributed by atoms with Crippen molar-refractivity contribution in [3.63, 3.8) is 0 Å². The van der Waals surface area contributed by atoms with Crippen LogP contribution in [0.5, 0.6) is 5.88 Å². The van der Waals surface area contributed by atoms with E-state index in [-0.39, 0.29) is 36.0 Å². The van der Waals surface area contributed by atoms with Gasteiger partial charge in [-0.15, -0.1) is 18.3 Å². The Bertz CT molecular complexity index is 1200. The monoisotopic (exact) mass is 386 g/mol. The molecule has 0 bridgehead atoms. The molecule has 0 fully saturated rings. The van der Waals surface area contributed by atoms with E-state index in [4.69, 9.17) is 9.84 Å². The number of ether oxygens (including phenoxy) is 1. The van der Waals surface area contributed by atoms with E-state index in [1.807, 2.05) is 0 Å². The van der Waals surface area contributed by atoms with Gasteiger partial charge in [-0.1, -0.05) is 12.2 Å². The van der Waals surface area contributed by atoms with Gasteiger partial charge in [-0.2, -0.15) is 0 Å². The summed E-state index contributed by atoms with van der Waals surface area (Å²) >= 11 is 0. The molecule has 11 heteroatoms. The van der Waals surface area contributed by atoms with Crippen molar-refractivity contribution in [1.82, 2.24) is 28.9 Å². The number of hydrogen-bond acceptors (Lipinski definition) is 6. The van der Waals surface area contributed by atoms with Crippen molar-refractivity contribution in [1.29, 1.82) is 0 Å². The summed E-state index contributed by atoms with van der Waals surface area (Å²) in [6.45, 7) is 6.88. The Morgan fingerprint density at radius 3 is 2.61 bits per heavy atom. The zero-order valence-electron chi connectivity index (χ0n) is 15.1. The van der Waals surface area contributed by atoms with Crippen molar-refractivity contribution in [2.24, 2.45) is 7.05 Å². The summed E-state index contributed by atoms with van der Waals surface area (Å²) in [4.78, 5) is 43.3. The molecule has 0 aromatic carbocycles. The number of fused-ring (bicyclic) bond motifs is 1. The number of carboxylic acids is 1. The predicted octanol–water partition coefficient (Wildman–Crippen LogP) is 0.122. The molecular weight excluding hydrogens is 368 g/mol. The summed E-state index contributed by atoms with van der Waals surface area (Å²) in [6, 6.07) is 1.48. The van der Waals surface area contributed by atoms with Gasteiger partial charge in [0.2, 0.25) is 5.88 Å². The van der Waals surface area contributed by atoms with Crippen LogP contribution in [0.1, 0.15) is 0 Å². The molecule has 0 amide bonds. The molecular formula is C17H18N6O5. The molecule has 0 aliphatic rings. The molecule has 0 aliphatic carbocycles. The smallest absolute Gasteiger partial charge is 0.341 e. The SMILES string of the molecule is C=CCn1c(=O)c2[nH]c(-c3cc(OCC(=O)O)nn3C)nc2n(CC=C)c1=O. The number of carboxylic acid groups (broad SMARTS) is 1. The van der Waals surface area contributed by atoms with Gasteiger partial charge in [0, 0.05) is 26.2 Å². The molecule has 28 heavy (non-hydrogen) atoms. The summed E-state index contributed by atoms with van der Waals surface area (Å²) < 4.78 is 8.86. The van der Waals surface area contributed by atoms with E-state index in [1.54, 1.807) is 7.05 Å². The first kappa shape index (κ1) is 18.9. The number of rotatable bonds is 8. The van der Waals surface area contributed by atoms with Crippen molar-refractivity contribution in [3.8, 4) is 17.4 Å². The largest absolute Gasteiger partial charge is 0.479 e. The average molecular weight is 386 g/mol. The molecule has 3 heterocycles. The van der Waals surface area contributed by atoms with Gasteiger partial charge in [0.1, 0.15) is 11.2 Å². The number of aromatic nitrogens is 6. The molecule has 0 atom stereocenters. The number of aliphatic carboxylic acids is 1. The lowest BCUT2D eigenvalue weighted by atomic mass is 10.4. The molecule has 3 rings (SSSR count). The Labute approximate surface area is 157 Å². The summed E-state index contributed by atoms with van der Waals surface area (Å²) in [7, 11) is 1.61.